The van der Waals surface area contributed by atoms with E-state index in [0.29, 0.717) is 18.8 Å². The van der Waals surface area contributed by atoms with Crippen LogP contribution in [0.4, 0.5) is 5.69 Å². The molecule has 0 aromatic heterocycles. The van der Waals surface area contributed by atoms with Crippen LogP contribution in [0.1, 0.15) is 70.1 Å². The van der Waals surface area contributed by atoms with Crippen LogP contribution in [0.5, 0.6) is 0 Å². The third-order valence-corrected chi connectivity index (χ3v) is 9.24. The van der Waals surface area contributed by atoms with Crippen molar-refractivity contribution < 1.29 is 57.4 Å². The van der Waals surface area contributed by atoms with Gasteiger partial charge in [-0.3, -0.25) is 19.2 Å². The number of hydrogen-bond donors (Lipinski definition) is 2. The fourth-order valence-electron chi connectivity index (χ4n) is 6.57. The summed E-state index contributed by atoms with van der Waals surface area (Å²) < 4.78 is 41.2. The average Bonchev–Trinajstić information content (AvgIpc) is 3.10. The zero-order chi connectivity index (χ0) is 39.5. The summed E-state index contributed by atoms with van der Waals surface area (Å²) in [5, 5.41) is 12.8. The van der Waals surface area contributed by atoms with E-state index in [0.717, 1.165) is 30.5 Å². The highest BCUT2D eigenvalue weighted by Gasteiger charge is 2.52. The molecule has 15 heteroatoms. The number of aliphatic hydroxyl groups is 1. The van der Waals surface area contributed by atoms with Gasteiger partial charge in [-0.1, -0.05) is 61.6 Å². The molecule has 2 N–H and O–H groups in total. The molecular formula is C39H50N2O12S. The Morgan fingerprint density at radius 1 is 0.852 bits per heavy atom. The fourth-order valence-corrected chi connectivity index (χ4v) is 6.85. The molecule has 4 rings (SSSR count). The molecule has 2 aromatic carbocycles. The third-order valence-electron chi connectivity index (χ3n) is 8.97. The quantitative estimate of drug-likeness (QED) is 0.114. The lowest BCUT2D eigenvalue weighted by Crippen LogP contribution is -2.62. The molecule has 0 aliphatic carbocycles. The Balaban J connectivity index is 1.58. The second-order valence-corrected chi connectivity index (χ2v) is 13.9. The molecule has 9 atom stereocenters. The lowest BCUT2D eigenvalue weighted by atomic mass is 9.90. The standard InChI is InChI=1S/C39H50N2O12S/c1-8-16-41(7)19-32-22(2)35(28-14-12-27(20-42)13-15-28)53-39(52-32)29-10-9-11-30(17-29)40-34(54)18-31-36(48-24(4)44)38(50-26(6)46)37(49-25(5)45)33(51-31)21-47-23(3)43/h8-15,17,22,31-33,35-39,42H,1,16,18-21H2,2-7H3,(H,40,54)/t22-,31-,32+,33+,35+,36-,37+,38+,39?/m0/s1. The summed E-state index contributed by atoms with van der Waals surface area (Å²) in [4.78, 5) is 50.7. The van der Waals surface area contributed by atoms with Crippen LogP contribution in [-0.4, -0.2) is 102 Å². The van der Waals surface area contributed by atoms with Gasteiger partial charge in [-0.25, -0.2) is 0 Å². The number of aliphatic hydroxyl groups excluding tert-OH is 1. The van der Waals surface area contributed by atoms with E-state index in [4.69, 9.17) is 45.4 Å². The molecular weight excluding hydrogens is 720 g/mol. The monoisotopic (exact) mass is 770 g/mol. The van der Waals surface area contributed by atoms with Gasteiger partial charge in [0.2, 0.25) is 0 Å². The first-order chi connectivity index (χ1) is 25.7. The van der Waals surface area contributed by atoms with Crippen molar-refractivity contribution in [2.75, 3.05) is 32.1 Å². The molecule has 0 bridgehead atoms. The van der Waals surface area contributed by atoms with Crippen LogP contribution in [-0.2, 0) is 58.9 Å². The van der Waals surface area contributed by atoms with Crippen molar-refractivity contribution >= 4 is 46.8 Å². The predicted molar refractivity (Wildman–Crippen MR) is 200 cm³/mol. The highest BCUT2D eigenvalue weighted by Crippen LogP contribution is 2.42. The van der Waals surface area contributed by atoms with Crippen LogP contribution in [0.25, 0.3) is 0 Å². The van der Waals surface area contributed by atoms with Crippen molar-refractivity contribution in [1.82, 2.24) is 4.90 Å². The number of nitrogens with zero attached hydrogens (tertiary/aromatic N) is 1. The Morgan fingerprint density at radius 2 is 1.48 bits per heavy atom. The highest BCUT2D eigenvalue weighted by atomic mass is 32.1. The Labute approximate surface area is 321 Å². The SMILES string of the molecule is C=CCN(C)C[C@H]1OC(c2cccc(NC(=S)C[C@@H]3O[C@H](COC(C)=O)[C@@H](OC(C)=O)[C@H](OC(C)=O)[C@H]3OC(C)=O)c2)O[C@@H](c2ccc(CO)cc2)[C@H]1C. The maximum atomic E-state index is 12.3. The van der Waals surface area contributed by atoms with Gasteiger partial charge in [0.15, 0.2) is 24.6 Å². The van der Waals surface area contributed by atoms with Crippen molar-refractivity contribution in [1.29, 1.82) is 0 Å². The summed E-state index contributed by atoms with van der Waals surface area (Å²) in [6.07, 6.45) is -5.32. The number of esters is 4. The molecule has 54 heavy (non-hydrogen) atoms. The number of thiocarbonyl (C=S) groups is 1. The minimum atomic E-state index is -1.30. The minimum Gasteiger partial charge on any atom is -0.463 e. The van der Waals surface area contributed by atoms with E-state index in [9.17, 15) is 24.3 Å². The van der Waals surface area contributed by atoms with E-state index in [1.807, 2.05) is 61.7 Å². The molecule has 2 aromatic rings. The van der Waals surface area contributed by atoms with Crippen molar-refractivity contribution in [2.45, 2.75) is 96.7 Å². The number of carbonyl (C=O) groups is 4. The molecule has 0 saturated carbocycles. The topological polar surface area (TPSA) is 168 Å². The van der Waals surface area contributed by atoms with Gasteiger partial charge in [0.1, 0.15) is 18.8 Å². The van der Waals surface area contributed by atoms with Crippen LogP contribution in [0.15, 0.2) is 61.2 Å². The molecule has 294 valence electrons. The zero-order valence-corrected chi connectivity index (χ0v) is 32.2. The van der Waals surface area contributed by atoms with Crippen LogP contribution < -0.4 is 5.32 Å². The summed E-state index contributed by atoms with van der Waals surface area (Å²) in [5.74, 6) is -2.76. The van der Waals surface area contributed by atoms with Crippen molar-refractivity contribution in [2.24, 2.45) is 5.92 Å². The van der Waals surface area contributed by atoms with E-state index in [-0.39, 0.29) is 42.7 Å². The van der Waals surface area contributed by atoms with Gasteiger partial charge >= 0.3 is 23.9 Å². The number of carbonyl (C=O) groups excluding carboxylic acids is 4. The molecule has 2 heterocycles. The van der Waals surface area contributed by atoms with Gasteiger partial charge in [-0.05, 0) is 30.3 Å². The summed E-state index contributed by atoms with van der Waals surface area (Å²) >= 11 is 5.76. The minimum absolute atomic E-state index is 0.0102. The Hall–Kier alpha value is -4.25. The first kappa shape index (κ1) is 42.5. The number of rotatable bonds is 15. The average molecular weight is 771 g/mol. The summed E-state index contributed by atoms with van der Waals surface area (Å²) in [7, 11) is 2.00. The summed E-state index contributed by atoms with van der Waals surface area (Å²) in [6.45, 7) is 11.6. The Bertz CT molecular complexity index is 1640. The zero-order valence-electron chi connectivity index (χ0n) is 31.4. The first-order valence-corrected chi connectivity index (χ1v) is 18.1. The van der Waals surface area contributed by atoms with E-state index in [2.05, 4.69) is 23.7 Å². The lowest BCUT2D eigenvalue weighted by molar-refractivity contribution is -0.275. The van der Waals surface area contributed by atoms with Crippen LogP contribution in [0, 0.1) is 5.92 Å². The maximum Gasteiger partial charge on any atom is 0.303 e. The van der Waals surface area contributed by atoms with E-state index in [1.165, 1.54) is 13.8 Å². The van der Waals surface area contributed by atoms with Gasteiger partial charge in [0, 0.05) is 64.4 Å². The first-order valence-electron chi connectivity index (χ1n) is 17.7. The van der Waals surface area contributed by atoms with Gasteiger partial charge in [-0.15, -0.1) is 6.58 Å². The Morgan fingerprint density at radius 3 is 2.07 bits per heavy atom. The second-order valence-electron chi connectivity index (χ2n) is 13.4. The van der Waals surface area contributed by atoms with E-state index >= 15 is 0 Å². The maximum absolute atomic E-state index is 12.3. The smallest absolute Gasteiger partial charge is 0.303 e. The number of hydrogen-bond acceptors (Lipinski definition) is 14. The molecule has 2 aliphatic heterocycles. The largest absolute Gasteiger partial charge is 0.463 e. The van der Waals surface area contributed by atoms with Gasteiger partial charge in [-0.2, -0.15) is 0 Å². The van der Waals surface area contributed by atoms with Crippen molar-refractivity contribution in [3.8, 4) is 0 Å². The van der Waals surface area contributed by atoms with Crippen LogP contribution >= 0.6 is 12.2 Å². The second kappa shape index (κ2) is 19.9. The van der Waals surface area contributed by atoms with E-state index in [1.54, 1.807) is 0 Å². The highest BCUT2D eigenvalue weighted by molar-refractivity contribution is 7.80. The number of benzene rings is 2. The van der Waals surface area contributed by atoms with Crippen LogP contribution in [0.3, 0.4) is 0 Å². The normalized spacial score (nSPS) is 26.6. The molecule has 2 fully saturated rings. The predicted octanol–water partition coefficient (Wildman–Crippen LogP) is 4.34. The van der Waals surface area contributed by atoms with Crippen molar-refractivity contribution in [3.63, 3.8) is 0 Å². The summed E-state index contributed by atoms with van der Waals surface area (Å²) in [5.41, 5.74) is 3.11. The molecule has 14 nitrogen and oxygen atoms in total. The Kier molecular flexibility index (Phi) is 15.7. The van der Waals surface area contributed by atoms with Gasteiger partial charge in [0.05, 0.1) is 23.8 Å². The number of nitrogens with one attached hydrogen (secondary N) is 1. The van der Waals surface area contributed by atoms with Gasteiger partial charge < -0.3 is 48.5 Å². The molecule has 1 unspecified atom stereocenters. The fraction of sp³-hybridized carbons (Fsp3) is 0.513. The van der Waals surface area contributed by atoms with Crippen molar-refractivity contribution in [3.05, 3.63) is 77.9 Å². The van der Waals surface area contributed by atoms with E-state index < -0.39 is 60.7 Å². The lowest BCUT2D eigenvalue weighted by Gasteiger charge is -2.44. The molecule has 0 amide bonds. The van der Waals surface area contributed by atoms with Gasteiger partial charge in [0.25, 0.3) is 0 Å². The third kappa shape index (κ3) is 11.9. The number of anilines is 1. The summed E-state index contributed by atoms with van der Waals surface area (Å²) in [6, 6.07) is 15.1. The molecule has 0 radical (unpaired) electrons. The van der Waals surface area contributed by atoms with Crippen LogP contribution in [0.2, 0.25) is 0 Å². The number of ether oxygens (including phenoxy) is 7. The molecule has 2 aliphatic rings. The number of likely N-dealkylation sites (N-methyl/N-ethyl adjacent to an activating group) is 1. The molecule has 0 spiro atoms. The molecule has 2 saturated heterocycles.